The molecule has 0 amide bonds. The van der Waals surface area contributed by atoms with Gasteiger partial charge in [0.05, 0.1) is 0 Å². The van der Waals surface area contributed by atoms with Crippen molar-refractivity contribution in [2.75, 3.05) is 14.2 Å². The summed E-state index contributed by atoms with van der Waals surface area (Å²) in [6, 6.07) is 8.12. The SMILES string of the molecule is COC(OC)C1(C)CCc2ccccc2O1. The molecular formula is C13H18O3. The lowest BCUT2D eigenvalue weighted by molar-refractivity contribution is -0.202. The second kappa shape index (κ2) is 4.44. The van der Waals surface area contributed by atoms with Crippen molar-refractivity contribution in [2.24, 2.45) is 0 Å². The minimum absolute atomic E-state index is 0.333. The summed E-state index contributed by atoms with van der Waals surface area (Å²) in [5.41, 5.74) is 0.851. The molecule has 1 aliphatic heterocycles. The fourth-order valence-corrected chi connectivity index (χ4v) is 2.26. The normalized spacial score (nSPS) is 24.0. The van der Waals surface area contributed by atoms with Gasteiger partial charge in [-0.25, -0.2) is 0 Å². The molecule has 0 bridgehead atoms. The van der Waals surface area contributed by atoms with Crippen LogP contribution in [0.5, 0.6) is 5.75 Å². The van der Waals surface area contributed by atoms with E-state index < -0.39 is 5.60 Å². The molecule has 0 saturated carbocycles. The third-order valence-corrected chi connectivity index (χ3v) is 3.13. The Morgan fingerprint density at radius 3 is 2.62 bits per heavy atom. The molecule has 0 fully saturated rings. The van der Waals surface area contributed by atoms with Gasteiger partial charge in [0.1, 0.15) is 5.75 Å². The fraction of sp³-hybridized carbons (Fsp3) is 0.538. The molecule has 1 aliphatic rings. The molecule has 2 rings (SSSR count). The first-order chi connectivity index (χ1) is 7.69. The monoisotopic (exact) mass is 222 g/mol. The van der Waals surface area contributed by atoms with Crippen molar-refractivity contribution in [3.63, 3.8) is 0 Å². The first-order valence-corrected chi connectivity index (χ1v) is 5.52. The van der Waals surface area contributed by atoms with Crippen molar-refractivity contribution in [2.45, 2.75) is 31.7 Å². The van der Waals surface area contributed by atoms with Crippen molar-refractivity contribution in [3.8, 4) is 5.75 Å². The summed E-state index contributed by atoms with van der Waals surface area (Å²) in [6.45, 7) is 2.03. The summed E-state index contributed by atoms with van der Waals surface area (Å²) in [5, 5.41) is 0. The number of ether oxygens (including phenoxy) is 3. The van der Waals surface area contributed by atoms with Crippen molar-refractivity contribution >= 4 is 0 Å². The summed E-state index contributed by atoms with van der Waals surface area (Å²) in [6.07, 6.45) is 1.56. The molecule has 0 radical (unpaired) electrons. The highest BCUT2D eigenvalue weighted by Crippen LogP contribution is 2.35. The molecule has 1 aromatic rings. The van der Waals surface area contributed by atoms with E-state index in [9.17, 15) is 0 Å². The predicted octanol–water partition coefficient (Wildman–Crippen LogP) is 2.39. The molecule has 0 aromatic heterocycles. The van der Waals surface area contributed by atoms with Gasteiger partial charge in [0.25, 0.3) is 0 Å². The molecule has 88 valence electrons. The molecule has 0 spiro atoms. The van der Waals surface area contributed by atoms with Crippen LogP contribution < -0.4 is 4.74 Å². The van der Waals surface area contributed by atoms with E-state index in [0.29, 0.717) is 0 Å². The number of rotatable bonds is 3. The standard InChI is InChI=1S/C13H18O3/c1-13(12(14-2)15-3)9-8-10-6-4-5-7-11(10)16-13/h4-7,12H,8-9H2,1-3H3. The van der Waals surface area contributed by atoms with Crippen LogP contribution in [0.25, 0.3) is 0 Å². The first kappa shape index (κ1) is 11.4. The van der Waals surface area contributed by atoms with E-state index in [-0.39, 0.29) is 6.29 Å². The summed E-state index contributed by atoms with van der Waals surface area (Å²) in [4.78, 5) is 0. The van der Waals surface area contributed by atoms with E-state index in [1.807, 2.05) is 25.1 Å². The number of hydrogen-bond acceptors (Lipinski definition) is 3. The summed E-state index contributed by atoms with van der Waals surface area (Å²) in [7, 11) is 3.28. The Labute approximate surface area is 96.3 Å². The zero-order valence-corrected chi connectivity index (χ0v) is 10.0. The van der Waals surface area contributed by atoms with Gasteiger partial charge in [0.15, 0.2) is 11.9 Å². The van der Waals surface area contributed by atoms with Gasteiger partial charge in [-0.2, -0.15) is 0 Å². The fourth-order valence-electron chi connectivity index (χ4n) is 2.26. The second-order valence-electron chi connectivity index (χ2n) is 4.33. The van der Waals surface area contributed by atoms with E-state index in [0.717, 1.165) is 18.6 Å². The van der Waals surface area contributed by atoms with Gasteiger partial charge in [0.2, 0.25) is 0 Å². The Kier molecular flexibility index (Phi) is 3.17. The van der Waals surface area contributed by atoms with E-state index in [2.05, 4.69) is 6.07 Å². The minimum atomic E-state index is -0.405. The van der Waals surface area contributed by atoms with Crippen molar-refractivity contribution in [3.05, 3.63) is 29.8 Å². The lowest BCUT2D eigenvalue weighted by Crippen LogP contribution is -2.49. The molecule has 1 atom stereocenters. The van der Waals surface area contributed by atoms with E-state index in [4.69, 9.17) is 14.2 Å². The number of para-hydroxylation sites is 1. The first-order valence-electron chi connectivity index (χ1n) is 5.52. The molecule has 1 heterocycles. The molecule has 3 nitrogen and oxygen atoms in total. The molecule has 0 aliphatic carbocycles. The van der Waals surface area contributed by atoms with Crippen molar-refractivity contribution < 1.29 is 14.2 Å². The highest BCUT2D eigenvalue weighted by molar-refractivity contribution is 5.36. The van der Waals surface area contributed by atoms with E-state index in [1.54, 1.807) is 14.2 Å². The van der Waals surface area contributed by atoms with Gasteiger partial charge in [-0.1, -0.05) is 18.2 Å². The number of methoxy groups -OCH3 is 2. The van der Waals surface area contributed by atoms with Gasteiger partial charge < -0.3 is 14.2 Å². The Balaban J connectivity index is 2.23. The average molecular weight is 222 g/mol. The molecule has 0 N–H and O–H groups in total. The molecule has 1 unspecified atom stereocenters. The summed E-state index contributed by atoms with van der Waals surface area (Å²) < 4.78 is 16.6. The Morgan fingerprint density at radius 1 is 1.25 bits per heavy atom. The number of aryl methyl sites for hydroxylation is 1. The van der Waals surface area contributed by atoms with Gasteiger partial charge >= 0.3 is 0 Å². The Bertz CT molecular complexity index is 360. The van der Waals surface area contributed by atoms with Crippen LogP contribution in [0, 0.1) is 0 Å². The average Bonchev–Trinajstić information content (AvgIpc) is 2.30. The minimum Gasteiger partial charge on any atom is -0.482 e. The lowest BCUT2D eigenvalue weighted by atomic mass is 9.92. The zero-order chi connectivity index (χ0) is 11.6. The van der Waals surface area contributed by atoms with Crippen LogP contribution in [0.3, 0.4) is 0 Å². The van der Waals surface area contributed by atoms with Crippen molar-refractivity contribution in [1.29, 1.82) is 0 Å². The lowest BCUT2D eigenvalue weighted by Gasteiger charge is -2.39. The maximum Gasteiger partial charge on any atom is 0.196 e. The second-order valence-corrected chi connectivity index (χ2v) is 4.33. The van der Waals surface area contributed by atoms with E-state index in [1.165, 1.54) is 5.56 Å². The van der Waals surface area contributed by atoms with Gasteiger partial charge in [0, 0.05) is 14.2 Å². The predicted molar refractivity (Wildman–Crippen MR) is 61.6 cm³/mol. The van der Waals surface area contributed by atoms with Crippen LogP contribution in [0.15, 0.2) is 24.3 Å². The third-order valence-electron chi connectivity index (χ3n) is 3.13. The topological polar surface area (TPSA) is 27.7 Å². The molecule has 3 heteroatoms. The van der Waals surface area contributed by atoms with Crippen LogP contribution in [0.1, 0.15) is 18.9 Å². The molecular weight excluding hydrogens is 204 g/mol. The summed E-state index contributed by atoms with van der Waals surface area (Å²) in [5.74, 6) is 0.940. The molecule has 0 saturated heterocycles. The van der Waals surface area contributed by atoms with Crippen LogP contribution in [-0.4, -0.2) is 26.1 Å². The number of fused-ring (bicyclic) bond motifs is 1. The third kappa shape index (κ3) is 1.93. The maximum atomic E-state index is 6.01. The van der Waals surface area contributed by atoms with Gasteiger partial charge in [-0.3, -0.25) is 0 Å². The van der Waals surface area contributed by atoms with Crippen LogP contribution in [0.4, 0.5) is 0 Å². The van der Waals surface area contributed by atoms with Crippen LogP contribution >= 0.6 is 0 Å². The highest BCUT2D eigenvalue weighted by atomic mass is 16.7. The number of hydrogen-bond donors (Lipinski definition) is 0. The molecule has 1 aromatic carbocycles. The Morgan fingerprint density at radius 2 is 1.94 bits per heavy atom. The van der Waals surface area contributed by atoms with Crippen LogP contribution in [0.2, 0.25) is 0 Å². The summed E-state index contributed by atoms with van der Waals surface area (Å²) >= 11 is 0. The van der Waals surface area contributed by atoms with E-state index >= 15 is 0 Å². The zero-order valence-electron chi connectivity index (χ0n) is 10.0. The Hall–Kier alpha value is -1.06. The maximum absolute atomic E-state index is 6.01. The largest absolute Gasteiger partial charge is 0.482 e. The molecule has 16 heavy (non-hydrogen) atoms. The smallest absolute Gasteiger partial charge is 0.196 e. The van der Waals surface area contributed by atoms with Crippen molar-refractivity contribution in [1.82, 2.24) is 0 Å². The quantitative estimate of drug-likeness (QED) is 0.735. The number of benzene rings is 1. The van der Waals surface area contributed by atoms with Crippen LogP contribution in [-0.2, 0) is 15.9 Å². The highest BCUT2D eigenvalue weighted by Gasteiger charge is 2.40. The van der Waals surface area contributed by atoms with Gasteiger partial charge in [-0.15, -0.1) is 0 Å². The van der Waals surface area contributed by atoms with Gasteiger partial charge in [-0.05, 0) is 31.4 Å².